The number of aryl methyl sites for hydroxylation is 1. The van der Waals surface area contributed by atoms with Gasteiger partial charge in [-0.1, -0.05) is 67.6 Å². The van der Waals surface area contributed by atoms with E-state index in [9.17, 15) is 4.57 Å². The molecular weight excluding hydrogens is 441 g/mol. The van der Waals surface area contributed by atoms with E-state index in [1.165, 1.54) is 55.9 Å². The number of allylic oxidation sites excluding steroid dienone is 2. The second-order valence-electron chi connectivity index (χ2n) is 8.44. The van der Waals surface area contributed by atoms with Crippen molar-refractivity contribution in [1.82, 2.24) is 10.5 Å². The Kier molecular flexibility index (Phi) is 9.91. The van der Waals surface area contributed by atoms with Crippen LogP contribution in [0, 0.1) is 5.92 Å². The molecule has 0 aliphatic heterocycles. The molecule has 3 rings (SSSR count). The Balaban J connectivity index is 1.48. The number of phosphoric acid groups is 1. The molecule has 33 heavy (non-hydrogen) atoms. The summed E-state index contributed by atoms with van der Waals surface area (Å²) in [4.78, 5) is 17.2. The van der Waals surface area contributed by atoms with Gasteiger partial charge in [0.05, 0.1) is 5.69 Å². The van der Waals surface area contributed by atoms with Gasteiger partial charge < -0.3 is 25.4 Å². The zero-order valence-electron chi connectivity index (χ0n) is 18.9. The molecule has 180 valence electrons. The van der Waals surface area contributed by atoms with Gasteiger partial charge in [-0.15, -0.1) is 0 Å². The fraction of sp³-hybridized carbons (Fsp3) is 0.458. The number of aromatic nitrogens is 1. The van der Waals surface area contributed by atoms with Gasteiger partial charge >= 0.3 is 7.82 Å². The van der Waals surface area contributed by atoms with E-state index >= 15 is 0 Å². The lowest BCUT2D eigenvalue weighted by Crippen LogP contribution is -2.09. The summed E-state index contributed by atoms with van der Waals surface area (Å²) in [6.07, 6.45) is 15.0. The normalized spacial score (nSPS) is 15.9. The van der Waals surface area contributed by atoms with Gasteiger partial charge in [-0.05, 0) is 42.2 Å². The van der Waals surface area contributed by atoms with Crippen molar-refractivity contribution >= 4 is 13.4 Å². The van der Waals surface area contributed by atoms with Crippen molar-refractivity contribution in [1.29, 1.82) is 0 Å². The van der Waals surface area contributed by atoms with E-state index in [2.05, 4.69) is 39.3 Å². The summed E-state index contributed by atoms with van der Waals surface area (Å²) < 4.78 is 20.4. The summed E-state index contributed by atoms with van der Waals surface area (Å²) in [7, 11) is -4.48. The number of nitrogens with two attached hydrogens (primary N) is 1. The van der Waals surface area contributed by atoms with E-state index in [1.807, 2.05) is 6.07 Å². The lowest BCUT2D eigenvalue weighted by Gasteiger charge is -2.21. The number of benzene rings is 1. The van der Waals surface area contributed by atoms with Gasteiger partial charge in [-0.3, -0.25) is 4.52 Å². The molecule has 2 aromatic rings. The van der Waals surface area contributed by atoms with Crippen LogP contribution in [0.1, 0.15) is 61.1 Å². The molecule has 1 aromatic carbocycles. The summed E-state index contributed by atoms with van der Waals surface area (Å²) in [5.41, 5.74) is 9.98. The molecule has 0 atom stereocenters. The lowest BCUT2D eigenvalue weighted by atomic mass is 9.85. The predicted molar refractivity (Wildman–Crippen MR) is 128 cm³/mol. The SMILES string of the molecule is NC/C(=C\C=C/NCOP(=O)(O)O)c1cc(Cc2ccc(CCC3CCCCC3)cc2)no1. The van der Waals surface area contributed by atoms with Crippen molar-refractivity contribution in [3.05, 3.63) is 71.3 Å². The Morgan fingerprint density at radius 3 is 2.64 bits per heavy atom. The Bertz CT molecular complexity index is 959. The van der Waals surface area contributed by atoms with Crippen LogP contribution < -0.4 is 11.1 Å². The van der Waals surface area contributed by atoms with E-state index in [-0.39, 0.29) is 13.3 Å². The van der Waals surface area contributed by atoms with Crippen LogP contribution in [-0.4, -0.2) is 28.2 Å². The van der Waals surface area contributed by atoms with E-state index in [0.717, 1.165) is 23.6 Å². The van der Waals surface area contributed by atoms with Crippen LogP contribution in [0.25, 0.3) is 5.57 Å². The first-order valence-corrected chi connectivity index (χ1v) is 13.0. The lowest BCUT2D eigenvalue weighted by molar-refractivity contribution is 0.191. The van der Waals surface area contributed by atoms with Crippen LogP contribution in [0.3, 0.4) is 0 Å². The highest BCUT2D eigenvalue weighted by Crippen LogP contribution is 2.34. The van der Waals surface area contributed by atoms with Crippen LogP contribution >= 0.6 is 7.82 Å². The molecular formula is C24H34N3O5P. The molecule has 0 radical (unpaired) electrons. The van der Waals surface area contributed by atoms with Gasteiger partial charge in [0.25, 0.3) is 0 Å². The average Bonchev–Trinajstić information content (AvgIpc) is 3.26. The third-order valence-electron chi connectivity index (χ3n) is 5.90. The standard InChI is InChI=1S/C24H34N3O5P/c25-17-22(7-4-14-26-18-31-33(28,29)30)24-16-23(27-32-24)15-21-12-10-20(11-13-21)9-8-19-5-2-1-3-6-19/h4,7,10-14,16,19,26H,1-3,5-6,8-9,15,17-18,25H2,(H2,28,29,30)/b14-4-,22-7+. The summed E-state index contributed by atoms with van der Waals surface area (Å²) in [6, 6.07) is 10.7. The molecule has 0 spiro atoms. The van der Waals surface area contributed by atoms with Gasteiger partial charge in [0.2, 0.25) is 0 Å². The minimum absolute atomic E-state index is 0.258. The van der Waals surface area contributed by atoms with Crippen LogP contribution in [0.5, 0.6) is 0 Å². The molecule has 0 unspecified atom stereocenters. The largest absolute Gasteiger partial charge is 0.471 e. The quantitative estimate of drug-likeness (QED) is 0.155. The first kappa shape index (κ1) is 25.4. The van der Waals surface area contributed by atoms with E-state index in [4.69, 9.17) is 20.0 Å². The molecule has 0 amide bonds. The maximum Gasteiger partial charge on any atom is 0.471 e. The van der Waals surface area contributed by atoms with E-state index in [1.54, 1.807) is 12.2 Å². The number of phosphoric ester groups is 1. The molecule has 8 nitrogen and oxygen atoms in total. The number of hydrogen-bond acceptors (Lipinski definition) is 6. The van der Waals surface area contributed by atoms with Crippen molar-refractivity contribution in [2.45, 2.75) is 51.4 Å². The average molecular weight is 476 g/mol. The van der Waals surface area contributed by atoms with Crippen molar-refractivity contribution in [2.24, 2.45) is 11.7 Å². The number of nitrogens with zero attached hydrogens (tertiary/aromatic N) is 1. The Morgan fingerprint density at radius 2 is 1.94 bits per heavy atom. The fourth-order valence-corrected chi connectivity index (χ4v) is 4.32. The molecule has 0 saturated heterocycles. The van der Waals surface area contributed by atoms with Crippen LogP contribution in [0.15, 0.2) is 53.2 Å². The maximum absolute atomic E-state index is 10.6. The van der Waals surface area contributed by atoms with Gasteiger partial charge in [0.15, 0.2) is 5.76 Å². The van der Waals surface area contributed by atoms with Crippen LogP contribution in [-0.2, 0) is 21.9 Å². The third-order valence-corrected chi connectivity index (χ3v) is 6.36. The van der Waals surface area contributed by atoms with Gasteiger partial charge in [-0.2, -0.15) is 0 Å². The second-order valence-corrected chi connectivity index (χ2v) is 9.68. The number of nitrogens with one attached hydrogen (secondary N) is 1. The highest BCUT2D eigenvalue weighted by atomic mass is 31.2. The Hall–Kier alpha value is -2.22. The van der Waals surface area contributed by atoms with Gasteiger partial charge in [-0.25, -0.2) is 4.57 Å². The summed E-state index contributed by atoms with van der Waals surface area (Å²) >= 11 is 0. The predicted octanol–water partition coefficient (Wildman–Crippen LogP) is 4.29. The number of hydrogen-bond donors (Lipinski definition) is 4. The number of rotatable bonds is 12. The molecule has 1 saturated carbocycles. The van der Waals surface area contributed by atoms with Crippen LogP contribution in [0.4, 0.5) is 0 Å². The molecule has 1 aliphatic carbocycles. The first-order chi connectivity index (χ1) is 15.9. The zero-order chi connectivity index (χ0) is 23.5. The fourth-order valence-electron chi connectivity index (χ4n) is 4.08. The second kappa shape index (κ2) is 12.9. The molecule has 5 N–H and O–H groups in total. The summed E-state index contributed by atoms with van der Waals surface area (Å²) in [5, 5.41) is 6.78. The molecule has 9 heteroatoms. The molecule has 1 aliphatic rings. The highest BCUT2D eigenvalue weighted by molar-refractivity contribution is 7.46. The van der Waals surface area contributed by atoms with E-state index in [0.29, 0.717) is 12.2 Å². The first-order valence-electron chi connectivity index (χ1n) is 11.5. The minimum atomic E-state index is -4.48. The van der Waals surface area contributed by atoms with Gasteiger partial charge in [0.1, 0.15) is 6.73 Å². The highest BCUT2D eigenvalue weighted by Gasteiger charge is 2.14. The summed E-state index contributed by atoms with van der Waals surface area (Å²) in [5.74, 6) is 1.49. The topological polar surface area (TPSA) is 131 Å². The minimum Gasteiger partial charge on any atom is -0.368 e. The summed E-state index contributed by atoms with van der Waals surface area (Å²) in [6.45, 7) is -0.0496. The maximum atomic E-state index is 10.6. The van der Waals surface area contributed by atoms with Crippen molar-refractivity contribution < 1.29 is 23.4 Å². The smallest absolute Gasteiger partial charge is 0.368 e. The van der Waals surface area contributed by atoms with Crippen LogP contribution in [0.2, 0.25) is 0 Å². The Labute approximate surface area is 195 Å². The molecule has 0 bridgehead atoms. The molecule has 1 fully saturated rings. The van der Waals surface area contributed by atoms with E-state index < -0.39 is 7.82 Å². The van der Waals surface area contributed by atoms with Crippen molar-refractivity contribution in [3.8, 4) is 0 Å². The van der Waals surface area contributed by atoms with Crippen molar-refractivity contribution in [2.75, 3.05) is 13.3 Å². The monoisotopic (exact) mass is 475 g/mol. The third kappa shape index (κ3) is 9.27. The molecule has 1 aromatic heterocycles. The van der Waals surface area contributed by atoms with Crippen molar-refractivity contribution in [3.63, 3.8) is 0 Å². The molecule has 1 heterocycles. The Morgan fingerprint density at radius 1 is 1.21 bits per heavy atom. The van der Waals surface area contributed by atoms with Gasteiger partial charge in [0, 0.05) is 24.6 Å². The zero-order valence-corrected chi connectivity index (χ0v) is 19.8.